The highest BCUT2D eigenvalue weighted by Gasteiger charge is 2.51. The molecule has 1 unspecified atom stereocenters. The van der Waals surface area contributed by atoms with Crippen LogP contribution in [0.25, 0.3) is 0 Å². The van der Waals surface area contributed by atoms with Gasteiger partial charge in [-0.3, -0.25) is 14.9 Å². The molecule has 4 bridgehead atoms. The summed E-state index contributed by atoms with van der Waals surface area (Å²) in [4.78, 5) is 38.1. The van der Waals surface area contributed by atoms with E-state index in [1.807, 2.05) is 0 Å². The molecule has 5 rings (SSSR count). The summed E-state index contributed by atoms with van der Waals surface area (Å²) in [6, 6.07) is 4.61. The van der Waals surface area contributed by atoms with Crippen molar-refractivity contribution in [2.24, 2.45) is 17.8 Å². The van der Waals surface area contributed by atoms with Gasteiger partial charge in [-0.15, -0.1) is 0 Å². The number of quaternary nitrogens is 1. The number of carbonyl (C=O) groups is 3. The molecule has 2 atom stereocenters. The van der Waals surface area contributed by atoms with Crippen molar-refractivity contribution < 1.29 is 23.7 Å². The van der Waals surface area contributed by atoms with Gasteiger partial charge in [0.25, 0.3) is 11.8 Å². The van der Waals surface area contributed by atoms with Gasteiger partial charge in [0.05, 0.1) is 7.05 Å². The number of benzene rings is 1. The van der Waals surface area contributed by atoms with E-state index < -0.39 is 23.8 Å². The maximum atomic E-state index is 13.3. The third-order valence-electron chi connectivity index (χ3n) is 7.33. The quantitative estimate of drug-likeness (QED) is 0.550. The van der Waals surface area contributed by atoms with E-state index in [4.69, 9.17) is 0 Å². The molecule has 0 heterocycles. The summed E-state index contributed by atoms with van der Waals surface area (Å²) in [5, 5.41) is 8.23. The van der Waals surface area contributed by atoms with E-state index in [0.29, 0.717) is 28.3 Å². The Bertz CT molecular complexity index is 839. The second kappa shape index (κ2) is 8.57. The lowest BCUT2D eigenvalue weighted by Crippen LogP contribution is -3.15. The van der Waals surface area contributed by atoms with Crippen LogP contribution in [0.2, 0.25) is 0 Å². The molecule has 4 N–H and O–H groups in total. The Kier molecular flexibility index (Phi) is 6.01. The van der Waals surface area contributed by atoms with Gasteiger partial charge in [0, 0.05) is 11.2 Å². The highest BCUT2D eigenvalue weighted by atomic mass is 19.1. The average Bonchev–Trinajstić information content (AvgIpc) is 2.65. The summed E-state index contributed by atoms with van der Waals surface area (Å²) in [5.41, 5.74) is 0.205. The average molecular weight is 432 g/mol. The van der Waals surface area contributed by atoms with E-state index >= 15 is 0 Å². The first-order chi connectivity index (χ1) is 14.7. The molecule has 0 aromatic heterocycles. The van der Waals surface area contributed by atoms with Gasteiger partial charge in [0.1, 0.15) is 5.82 Å². The minimum Gasteiger partial charge on any atom is -0.332 e. The van der Waals surface area contributed by atoms with E-state index in [1.54, 1.807) is 20.0 Å². The number of rotatable bonds is 6. The van der Waals surface area contributed by atoms with Gasteiger partial charge in [-0.05, 0) is 81.4 Å². The number of halogens is 1. The van der Waals surface area contributed by atoms with Crippen molar-refractivity contribution in [3.63, 3.8) is 0 Å². The fourth-order valence-electron chi connectivity index (χ4n) is 6.16. The monoisotopic (exact) mass is 431 g/mol. The van der Waals surface area contributed by atoms with Crippen LogP contribution in [0.4, 0.5) is 14.9 Å². The van der Waals surface area contributed by atoms with Crippen LogP contribution in [0, 0.1) is 23.6 Å². The van der Waals surface area contributed by atoms with Crippen molar-refractivity contribution >= 4 is 23.5 Å². The second-order valence-electron chi connectivity index (χ2n) is 9.94. The molecule has 7 nitrogen and oxygen atoms in total. The number of nitrogens with one attached hydrogen (secondary N) is 4. The third kappa shape index (κ3) is 5.06. The van der Waals surface area contributed by atoms with Crippen molar-refractivity contribution in [1.29, 1.82) is 0 Å². The standard InChI is InChI=1S/C23H31FN4O3/c1-14(28(2)13-20(29)25-19-5-3-4-18(24)9-19)21(30)26-22(31)27-23-10-15-6-16(11-23)8-17(7-15)12-23/h3-5,9,14-17H,6-8,10-13H2,1-2H3,(H,25,29)(H2,26,27,30,31)/p+1/t14-,15?,16?,17?,23?/m1/s1. The number of likely N-dealkylation sites (N-methyl/N-ethyl adjacent to an activating group) is 1. The molecule has 8 heteroatoms. The lowest BCUT2D eigenvalue weighted by atomic mass is 9.53. The normalized spacial score (nSPS) is 30.4. The van der Waals surface area contributed by atoms with Crippen molar-refractivity contribution in [3.8, 4) is 0 Å². The lowest BCUT2D eigenvalue weighted by molar-refractivity contribution is -0.885. The Morgan fingerprint density at radius 1 is 1.13 bits per heavy atom. The summed E-state index contributed by atoms with van der Waals surface area (Å²) in [6.45, 7) is 1.69. The molecule has 0 saturated heterocycles. The van der Waals surface area contributed by atoms with Crippen LogP contribution in [0.3, 0.4) is 0 Å². The smallest absolute Gasteiger partial charge is 0.322 e. The van der Waals surface area contributed by atoms with Crippen molar-refractivity contribution in [2.75, 3.05) is 18.9 Å². The fourth-order valence-corrected chi connectivity index (χ4v) is 6.16. The summed E-state index contributed by atoms with van der Waals surface area (Å²) in [7, 11) is 1.71. The van der Waals surface area contributed by atoms with Crippen molar-refractivity contribution in [2.45, 2.75) is 57.0 Å². The molecule has 0 spiro atoms. The Morgan fingerprint density at radius 3 is 2.32 bits per heavy atom. The number of imide groups is 1. The molecule has 0 radical (unpaired) electrons. The van der Waals surface area contributed by atoms with Crippen LogP contribution in [-0.4, -0.2) is 43.0 Å². The van der Waals surface area contributed by atoms with Gasteiger partial charge in [0.15, 0.2) is 12.6 Å². The minimum atomic E-state index is -0.597. The van der Waals surface area contributed by atoms with Crippen LogP contribution in [0.15, 0.2) is 24.3 Å². The van der Waals surface area contributed by atoms with Crippen LogP contribution in [0.5, 0.6) is 0 Å². The summed E-state index contributed by atoms with van der Waals surface area (Å²) < 4.78 is 13.3. The number of hydrogen-bond acceptors (Lipinski definition) is 3. The molecular weight excluding hydrogens is 399 g/mol. The first kappa shape index (κ1) is 21.7. The Labute approximate surface area is 182 Å². The number of amides is 4. The van der Waals surface area contributed by atoms with Crippen molar-refractivity contribution in [3.05, 3.63) is 30.1 Å². The molecule has 4 aliphatic carbocycles. The van der Waals surface area contributed by atoms with Gasteiger partial charge in [-0.25, -0.2) is 9.18 Å². The predicted molar refractivity (Wildman–Crippen MR) is 114 cm³/mol. The fraction of sp³-hybridized carbons (Fsp3) is 0.609. The second-order valence-corrected chi connectivity index (χ2v) is 9.94. The zero-order valence-corrected chi connectivity index (χ0v) is 18.2. The molecule has 168 valence electrons. The van der Waals surface area contributed by atoms with E-state index in [-0.39, 0.29) is 18.0 Å². The SMILES string of the molecule is C[C@H](C(=O)NC(=O)NC12CC3CC(CC(C3)C1)C2)[NH+](C)CC(=O)Nc1cccc(F)c1. The number of anilines is 1. The Morgan fingerprint density at radius 2 is 1.74 bits per heavy atom. The first-order valence-electron chi connectivity index (χ1n) is 11.2. The molecule has 4 aliphatic rings. The van der Waals surface area contributed by atoms with Gasteiger partial charge < -0.3 is 15.5 Å². The van der Waals surface area contributed by atoms with Gasteiger partial charge in [0.2, 0.25) is 0 Å². The van der Waals surface area contributed by atoms with Crippen LogP contribution >= 0.6 is 0 Å². The molecule has 4 saturated carbocycles. The molecule has 4 fully saturated rings. The number of hydrogen-bond donors (Lipinski definition) is 4. The minimum absolute atomic E-state index is 0.0156. The van der Waals surface area contributed by atoms with E-state index in [0.717, 1.165) is 19.3 Å². The molecule has 31 heavy (non-hydrogen) atoms. The maximum absolute atomic E-state index is 13.3. The van der Waals surface area contributed by atoms with E-state index in [1.165, 1.54) is 37.5 Å². The molecule has 1 aromatic rings. The predicted octanol–water partition coefficient (Wildman–Crippen LogP) is 1.46. The number of urea groups is 1. The van der Waals surface area contributed by atoms with Gasteiger partial charge >= 0.3 is 6.03 Å². The van der Waals surface area contributed by atoms with Crippen molar-refractivity contribution in [1.82, 2.24) is 10.6 Å². The Hall–Kier alpha value is -2.48. The highest BCUT2D eigenvalue weighted by Crippen LogP contribution is 2.55. The summed E-state index contributed by atoms with van der Waals surface area (Å²) in [5.74, 6) is 0.922. The largest absolute Gasteiger partial charge is 0.332 e. The first-order valence-corrected chi connectivity index (χ1v) is 11.2. The topological polar surface area (TPSA) is 91.7 Å². The number of carbonyl (C=O) groups excluding carboxylic acids is 3. The zero-order chi connectivity index (χ0) is 22.2. The highest BCUT2D eigenvalue weighted by molar-refractivity contribution is 5.96. The molecular formula is C23H32FN4O3+. The van der Waals surface area contributed by atoms with E-state index in [9.17, 15) is 18.8 Å². The van der Waals surface area contributed by atoms with Gasteiger partial charge in [-0.1, -0.05) is 6.07 Å². The summed E-state index contributed by atoms with van der Waals surface area (Å²) in [6.07, 6.45) is 6.89. The van der Waals surface area contributed by atoms with Gasteiger partial charge in [-0.2, -0.15) is 0 Å². The van der Waals surface area contributed by atoms with E-state index in [2.05, 4.69) is 16.0 Å². The Balaban J connectivity index is 1.26. The van der Waals surface area contributed by atoms with Crippen LogP contribution < -0.4 is 20.9 Å². The van der Waals surface area contributed by atoms with Crippen LogP contribution in [-0.2, 0) is 9.59 Å². The lowest BCUT2D eigenvalue weighted by Gasteiger charge is -2.56. The van der Waals surface area contributed by atoms with Crippen LogP contribution in [0.1, 0.15) is 45.4 Å². The summed E-state index contributed by atoms with van der Waals surface area (Å²) >= 11 is 0. The maximum Gasteiger partial charge on any atom is 0.322 e. The molecule has 0 aliphatic heterocycles. The molecule has 4 amide bonds. The zero-order valence-electron chi connectivity index (χ0n) is 18.2. The molecule has 1 aromatic carbocycles. The third-order valence-corrected chi connectivity index (χ3v) is 7.33.